The summed E-state index contributed by atoms with van der Waals surface area (Å²) in [6, 6.07) is 0. The second kappa shape index (κ2) is 4.72. The van der Waals surface area contributed by atoms with Crippen LogP contribution in [0.15, 0.2) is 12.4 Å². The minimum atomic E-state index is 0. The van der Waals surface area contributed by atoms with Crippen molar-refractivity contribution in [2.45, 2.75) is 5.88 Å². The summed E-state index contributed by atoms with van der Waals surface area (Å²) in [6.45, 7) is 0. The van der Waals surface area contributed by atoms with E-state index in [1.54, 1.807) is 0 Å². The van der Waals surface area contributed by atoms with Gasteiger partial charge in [-0.3, -0.25) is 0 Å². The second-order valence-electron chi connectivity index (χ2n) is 1.45. The molecule has 56 valence electrons. The summed E-state index contributed by atoms with van der Waals surface area (Å²) in [5.41, 5.74) is 0. The first-order chi connectivity index (χ1) is 4.33. The fourth-order valence-corrected chi connectivity index (χ4v) is 0.644. The molecule has 1 rings (SSSR count). The highest BCUT2D eigenvalue weighted by Gasteiger charge is 1.90. The molecule has 0 spiro atoms. The molecule has 0 aliphatic carbocycles. The van der Waals surface area contributed by atoms with Crippen molar-refractivity contribution in [3.63, 3.8) is 0 Å². The number of hydrogen-bond donors (Lipinski definition) is 0. The van der Waals surface area contributed by atoms with E-state index in [-0.39, 0.29) is 12.4 Å². The summed E-state index contributed by atoms with van der Waals surface area (Å²) < 4.78 is 0. The van der Waals surface area contributed by atoms with Crippen LogP contribution in [0.5, 0.6) is 0 Å². The second-order valence-corrected chi connectivity index (χ2v) is 2.15. The molecule has 1 aromatic heterocycles. The number of hydrogen-bond acceptors (Lipinski definition) is 2. The van der Waals surface area contributed by atoms with Crippen LogP contribution in [0.25, 0.3) is 0 Å². The van der Waals surface area contributed by atoms with E-state index in [0.717, 1.165) is 0 Å². The Balaban J connectivity index is 0.000000810. The van der Waals surface area contributed by atoms with Crippen LogP contribution in [0.3, 0.4) is 0 Å². The monoisotopic (exact) mass is 198 g/mol. The van der Waals surface area contributed by atoms with Crippen molar-refractivity contribution >= 4 is 35.6 Å². The van der Waals surface area contributed by atoms with Crippen molar-refractivity contribution in [2.75, 3.05) is 0 Å². The molecular formula is C5H5Cl3N2. The Bertz CT molecular complexity index is 187. The normalized spacial score (nSPS) is 8.60. The van der Waals surface area contributed by atoms with Gasteiger partial charge in [-0.1, -0.05) is 11.6 Å². The molecule has 0 unspecified atom stereocenters. The summed E-state index contributed by atoms with van der Waals surface area (Å²) in [7, 11) is 0. The van der Waals surface area contributed by atoms with Crippen LogP contribution < -0.4 is 0 Å². The Morgan fingerprint density at radius 2 is 1.80 bits per heavy atom. The summed E-state index contributed by atoms with van der Waals surface area (Å²) in [4.78, 5) is 7.64. The van der Waals surface area contributed by atoms with Gasteiger partial charge in [0.2, 0.25) is 0 Å². The van der Waals surface area contributed by atoms with Gasteiger partial charge in [0, 0.05) is 12.4 Å². The first kappa shape index (κ1) is 9.95. The molecule has 1 aromatic rings. The van der Waals surface area contributed by atoms with Crippen LogP contribution in [-0.4, -0.2) is 9.97 Å². The lowest BCUT2D eigenvalue weighted by Crippen LogP contribution is -1.87. The molecule has 0 atom stereocenters. The number of alkyl halides is 1. The SMILES string of the molecule is Cl.ClCc1ncc(Cl)cn1. The smallest absolute Gasteiger partial charge is 0.143 e. The van der Waals surface area contributed by atoms with Crippen molar-refractivity contribution in [1.29, 1.82) is 0 Å². The summed E-state index contributed by atoms with van der Waals surface area (Å²) >= 11 is 10.9. The van der Waals surface area contributed by atoms with Gasteiger partial charge in [0.25, 0.3) is 0 Å². The standard InChI is InChI=1S/C5H4Cl2N2.ClH/c6-1-5-8-2-4(7)3-9-5;/h2-3H,1H2;1H. The molecule has 10 heavy (non-hydrogen) atoms. The number of aromatic nitrogens is 2. The van der Waals surface area contributed by atoms with E-state index < -0.39 is 0 Å². The lowest BCUT2D eigenvalue weighted by atomic mass is 10.6. The highest BCUT2D eigenvalue weighted by atomic mass is 35.5. The highest BCUT2D eigenvalue weighted by molar-refractivity contribution is 6.30. The van der Waals surface area contributed by atoms with Gasteiger partial charge in [-0.05, 0) is 0 Å². The molecule has 0 fully saturated rings. The van der Waals surface area contributed by atoms with E-state index in [9.17, 15) is 0 Å². The highest BCUT2D eigenvalue weighted by Crippen LogP contribution is 2.03. The van der Waals surface area contributed by atoms with E-state index in [0.29, 0.717) is 16.7 Å². The number of halogens is 3. The van der Waals surface area contributed by atoms with Gasteiger partial charge < -0.3 is 0 Å². The third-order valence-electron chi connectivity index (χ3n) is 0.793. The minimum Gasteiger partial charge on any atom is -0.239 e. The molecule has 0 saturated heterocycles. The maximum atomic E-state index is 5.50. The molecule has 0 aromatic carbocycles. The predicted molar refractivity (Wildman–Crippen MR) is 43.8 cm³/mol. The van der Waals surface area contributed by atoms with Crippen molar-refractivity contribution in [1.82, 2.24) is 9.97 Å². The fraction of sp³-hybridized carbons (Fsp3) is 0.200. The summed E-state index contributed by atoms with van der Waals surface area (Å²) in [5, 5.41) is 0.531. The maximum absolute atomic E-state index is 5.50. The van der Waals surface area contributed by atoms with Gasteiger partial charge in [0.05, 0.1) is 10.9 Å². The summed E-state index contributed by atoms with van der Waals surface area (Å²) in [6.07, 6.45) is 3.04. The van der Waals surface area contributed by atoms with Crippen LogP contribution in [0.4, 0.5) is 0 Å². The zero-order valence-corrected chi connectivity index (χ0v) is 7.25. The van der Waals surface area contributed by atoms with Gasteiger partial charge in [-0.2, -0.15) is 0 Å². The molecule has 0 saturated carbocycles. The van der Waals surface area contributed by atoms with E-state index in [2.05, 4.69) is 9.97 Å². The van der Waals surface area contributed by atoms with Crippen LogP contribution >= 0.6 is 35.6 Å². The third kappa shape index (κ3) is 2.69. The van der Waals surface area contributed by atoms with E-state index >= 15 is 0 Å². The Labute approximate surface area is 75.0 Å². The quantitative estimate of drug-likeness (QED) is 0.649. The van der Waals surface area contributed by atoms with Crippen molar-refractivity contribution < 1.29 is 0 Å². The molecule has 1 heterocycles. The first-order valence-corrected chi connectivity index (χ1v) is 3.26. The molecule has 0 bridgehead atoms. The molecule has 0 amide bonds. The van der Waals surface area contributed by atoms with Gasteiger partial charge in [0.15, 0.2) is 0 Å². The third-order valence-corrected chi connectivity index (χ3v) is 1.23. The Morgan fingerprint density at radius 3 is 2.20 bits per heavy atom. The van der Waals surface area contributed by atoms with Crippen molar-refractivity contribution in [3.05, 3.63) is 23.2 Å². The van der Waals surface area contributed by atoms with Crippen LogP contribution in [0.1, 0.15) is 5.82 Å². The molecular weight excluding hydrogens is 194 g/mol. The molecule has 5 heteroatoms. The van der Waals surface area contributed by atoms with Gasteiger partial charge in [-0.25, -0.2) is 9.97 Å². The first-order valence-electron chi connectivity index (χ1n) is 2.35. The topological polar surface area (TPSA) is 25.8 Å². The Morgan fingerprint density at radius 1 is 1.30 bits per heavy atom. The molecule has 0 N–H and O–H groups in total. The van der Waals surface area contributed by atoms with Crippen LogP contribution in [-0.2, 0) is 5.88 Å². The number of nitrogens with zero attached hydrogens (tertiary/aromatic N) is 2. The average molecular weight is 199 g/mol. The largest absolute Gasteiger partial charge is 0.239 e. The molecule has 0 aliphatic rings. The van der Waals surface area contributed by atoms with Crippen molar-refractivity contribution in [2.24, 2.45) is 0 Å². The zero-order chi connectivity index (χ0) is 6.69. The van der Waals surface area contributed by atoms with Crippen LogP contribution in [0.2, 0.25) is 5.02 Å². The van der Waals surface area contributed by atoms with Gasteiger partial charge >= 0.3 is 0 Å². The minimum absolute atomic E-state index is 0. The van der Waals surface area contributed by atoms with Crippen LogP contribution in [0, 0.1) is 0 Å². The van der Waals surface area contributed by atoms with E-state index in [1.165, 1.54) is 12.4 Å². The maximum Gasteiger partial charge on any atom is 0.143 e. The lowest BCUT2D eigenvalue weighted by Gasteiger charge is -1.90. The molecule has 2 nitrogen and oxygen atoms in total. The van der Waals surface area contributed by atoms with Gasteiger partial charge in [0.1, 0.15) is 5.82 Å². The predicted octanol–water partition coefficient (Wildman–Crippen LogP) is 2.29. The lowest BCUT2D eigenvalue weighted by molar-refractivity contribution is 1.03. The Kier molecular flexibility index (Phi) is 4.69. The van der Waals surface area contributed by atoms with E-state index in [1.807, 2.05) is 0 Å². The van der Waals surface area contributed by atoms with Gasteiger partial charge in [-0.15, -0.1) is 24.0 Å². The number of rotatable bonds is 1. The Hall–Kier alpha value is -0.0500. The summed E-state index contributed by atoms with van der Waals surface area (Å²) in [5.74, 6) is 0.929. The zero-order valence-electron chi connectivity index (χ0n) is 4.92. The van der Waals surface area contributed by atoms with Crippen molar-refractivity contribution in [3.8, 4) is 0 Å². The molecule has 0 radical (unpaired) electrons. The average Bonchev–Trinajstić information content (AvgIpc) is 1.90. The fourth-order valence-electron chi connectivity index (χ4n) is 0.408. The van der Waals surface area contributed by atoms with E-state index in [4.69, 9.17) is 23.2 Å². The molecule has 0 aliphatic heterocycles.